The van der Waals surface area contributed by atoms with Crippen LogP contribution in [0.3, 0.4) is 0 Å². The molecule has 0 bridgehead atoms. The van der Waals surface area contributed by atoms with Crippen molar-refractivity contribution in [3.05, 3.63) is 393 Å². The van der Waals surface area contributed by atoms with Gasteiger partial charge in [0.05, 0.1) is 16.7 Å². The average molecular weight is 1610 g/mol. The van der Waals surface area contributed by atoms with E-state index in [1.165, 1.54) is 44.5 Å². The van der Waals surface area contributed by atoms with E-state index in [9.17, 15) is 0 Å². The number of para-hydroxylation sites is 2. The number of fused-ring (bicyclic) bond motifs is 2. The molecule has 16 aromatic rings. The molecule has 0 spiro atoms. The predicted molar refractivity (Wildman–Crippen MR) is 445 cm³/mol. The topological polar surface area (TPSA) is 121 Å². The van der Waals surface area contributed by atoms with Gasteiger partial charge in [-0.05, 0) is 173 Å². The van der Waals surface area contributed by atoms with Crippen LogP contribution in [0.25, 0.3) is 111 Å². The Balaban J connectivity index is 0.000000130. The van der Waals surface area contributed by atoms with Gasteiger partial charge in [0, 0.05) is 29.8 Å². The fourth-order valence-electron chi connectivity index (χ4n) is 11.0. The van der Waals surface area contributed by atoms with Crippen molar-refractivity contribution < 1.29 is 19.7 Å². The summed E-state index contributed by atoms with van der Waals surface area (Å²) >= 11 is 27.8. The highest BCUT2D eigenvalue weighted by molar-refractivity contribution is 9.11. The zero-order valence-corrected chi connectivity index (χ0v) is 62.6. The van der Waals surface area contributed by atoms with E-state index in [-0.39, 0.29) is 10.6 Å². The van der Waals surface area contributed by atoms with Gasteiger partial charge in [-0.1, -0.05) is 357 Å². The quantitative estimate of drug-likeness (QED) is 0.0665. The number of hydrogen-bond acceptors (Lipinski definition) is 8. The third-order valence-electron chi connectivity index (χ3n) is 16.2. The first-order valence-corrected chi connectivity index (χ1v) is 36.3. The van der Waals surface area contributed by atoms with E-state index in [1.54, 1.807) is 18.2 Å². The summed E-state index contributed by atoms with van der Waals surface area (Å²) in [5, 5.41) is 29.2. The van der Waals surface area contributed by atoms with Crippen LogP contribution in [0.5, 0.6) is 5.75 Å². The van der Waals surface area contributed by atoms with Crippen molar-refractivity contribution in [2.24, 2.45) is 0 Å². The molecule has 104 heavy (non-hydrogen) atoms. The van der Waals surface area contributed by atoms with Gasteiger partial charge in [-0.25, -0.2) is 19.9 Å². The minimum absolute atomic E-state index is 0.179. The van der Waals surface area contributed by atoms with Gasteiger partial charge in [0.1, 0.15) is 10.9 Å². The highest BCUT2D eigenvalue weighted by atomic mass is 79.9. The molecule has 14 aromatic carbocycles. The maximum absolute atomic E-state index is 8.94. The standard InChI is InChI=1S/C26H17ClN2.C18H14BO2.C18H13Br.C12H11BO2.C8H4Cl2N2.C6H4Br2/c27-26-28-24-12-5-4-11-23(24)25(29-26)22-10-6-9-21(17-22)20-15-13-19(14-16-20)18-7-2-1-3-8-18;20-19-21-18-8-4-7-17(13-18)16-11-9-15(10-12-16)14-5-2-1-3-6-14;19-18-8-4-7-17(13-18)16-11-9-15(10-12-16)14-5-2-1-3-6-14;14-13(15)12-8-6-11(7-9-12)10-4-2-1-3-5-10;9-7-5-3-1-2-4-6(5)11-8(10)12-7;7-5-2-1-3-6(8)4-5/h1-17H;1-13,20H;1-13H;1-9,14-15H;1-4H;1-4H. The van der Waals surface area contributed by atoms with E-state index in [0.29, 0.717) is 24.1 Å². The van der Waals surface area contributed by atoms with Gasteiger partial charge >= 0.3 is 14.8 Å². The normalized spacial score (nSPS) is 10.4. The number of rotatable bonds is 11. The van der Waals surface area contributed by atoms with E-state index in [4.69, 9.17) is 54.5 Å². The lowest BCUT2D eigenvalue weighted by Crippen LogP contribution is -2.29. The second kappa shape index (κ2) is 38.4. The van der Waals surface area contributed by atoms with E-state index in [1.807, 2.05) is 170 Å². The van der Waals surface area contributed by atoms with E-state index >= 15 is 0 Å². The van der Waals surface area contributed by atoms with Crippen molar-refractivity contribution in [2.75, 3.05) is 0 Å². The molecule has 2 aromatic heterocycles. The van der Waals surface area contributed by atoms with E-state index < -0.39 is 7.12 Å². The van der Waals surface area contributed by atoms with E-state index in [0.717, 1.165) is 79.9 Å². The van der Waals surface area contributed by atoms with Crippen LogP contribution in [-0.2, 0) is 0 Å². The summed E-state index contributed by atoms with van der Waals surface area (Å²) in [6.45, 7) is 0. The highest BCUT2D eigenvalue weighted by Crippen LogP contribution is 2.34. The monoisotopic (exact) mass is 1600 g/mol. The van der Waals surface area contributed by atoms with Crippen molar-refractivity contribution >= 4 is 125 Å². The molecule has 507 valence electrons. The molecule has 1 radical (unpaired) electrons. The van der Waals surface area contributed by atoms with Crippen LogP contribution in [0, 0.1) is 0 Å². The number of hydrogen-bond donors (Lipinski definition) is 3. The molecule has 0 unspecified atom stereocenters. The first-order chi connectivity index (χ1) is 50.8. The molecule has 0 atom stereocenters. The zero-order chi connectivity index (χ0) is 72.4. The summed E-state index contributed by atoms with van der Waals surface area (Å²) in [4.78, 5) is 16.7. The number of halogens is 6. The Kier molecular flexibility index (Phi) is 27.7. The summed E-state index contributed by atoms with van der Waals surface area (Å²) < 4.78 is 8.31. The van der Waals surface area contributed by atoms with Gasteiger partial charge in [-0.15, -0.1) is 0 Å². The van der Waals surface area contributed by atoms with Gasteiger partial charge in [0.15, 0.2) is 0 Å². The van der Waals surface area contributed by atoms with Crippen LogP contribution in [-0.4, -0.2) is 49.8 Å². The molecular formula is C88H63B2Br3Cl3N4O4. The molecule has 16 heteroatoms. The van der Waals surface area contributed by atoms with Crippen LogP contribution in [0.1, 0.15) is 0 Å². The summed E-state index contributed by atoms with van der Waals surface area (Å²) in [6.07, 6.45) is 0. The zero-order valence-electron chi connectivity index (χ0n) is 55.6. The van der Waals surface area contributed by atoms with Crippen molar-refractivity contribution in [3.63, 3.8) is 0 Å². The first-order valence-electron chi connectivity index (χ1n) is 32.8. The highest BCUT2D eigenvalue weighted by Gasteiger charge is 2.13. The van der Waals surface area contributed by atoms with Crippen LogP contribution < -0.4 is 10.1 Å². The summed E-state index contributed by atoms with van der Waals surface area (Å²) in [7, 11) is -0.702. The van der Waals surface area contributed by atoms with Crippen LogP contribution >= 0.6 is 82.6 Å². The van der Waals surface area contributed by atoms with Gasteiger partial charge in [0.2, 0.25) is 10.6 Å². The number of nitrogens with zero attached hydrogens (tertiary/aromatic N) is 4. The Bertz CT molecular complexity index is 5360. The molecule has 8 nitrogen and oxygen atoms in total. The van der Waals surface area contributed by atoms with Gasteiger partial charge in [-0.2, -0.15) is 0 Å². The lowest BCUT2D eigenvalue weighted by Gasteiger charge is -2.09. The lowest BCUT2D eigenvalue weighted by atomic mass is 9.80. The fraction of sp³-hybridized carbons (Fsp3) is 0. The second-order valence-electron chi connectivity index (χ2n) is 23.1. The number of aromatic nitrogens is 4. The fourth-order valence-corrected chi connectivity index (χ4v) is 13.1. The van der Waals surface area contributed by atoms with Crippen molar-refractivity contribution in [1.82, 2.24) is 19.9 Å². The van der Waals surface area contributed by atoms with Crippen molar-refractivity contribution in [1.29, 1.82) is 0 Å². The van der Waals surface area contributed by atoms with E-state index in [2.05, 4.69) is 244 Å². The maximum atomic E-state index is 8.94. The molecule has 0 amide bonds. The molecule has 0 fully saturated rings. The molecule has 0 saturated heterocycles. The Labute approximate surface area is 646 Å². The van der Waals surface area contributed by atoms with Gasteiger partial charge in [0.25, 0.3) is 0 Å². The summed E-state index contributed by atoms with van der Waals surface area (Å²) in [6, 6.07) is 122. The van der Waals surface area contributed by atoms with Crippen molar-refractivity contribution in [3.8, 4) is 94.9 Å². The minimum Gasteiger partial charge on any atom is -0.537 e. The van der Waals surface area contributed by atoms with Crippen LogP contribution in [0.4, 0.5) is 0 Å². The van der Waals surface area contributed by atoms with Crippen LogP contribution in [0.15, 0.2) is 377 Å². The Morgan fingerprint density at radius 2 is 0.587 bits per heavy atom. The Hall–Kier alpha value is -10.1. The molecular weight excluding hydrogens is 1540 g/mol. The molecule has 0 saturated carbocycles. The predicted octanol–water partition coefficient (Wildman–Crippen LogP) is 24.2. The molecule has 3 N–H and O–H groups in total. The third-order valence-corrected chi connectivity index (χ3v) is 18.3. The molecule has 0 aliphatic heterocycles. The number of benzene rings is 14. The Morgan fingerprint density at radius 3 is 1.00 bits per heavy atom. The van der Waals surface area contributed by atoms with Crippen molar-refractivity contribution in [2.45, 2.75) is 0 Å². The van der Waals surface area contributed by atoms with Gasteiger partial charge < -0.3 is 19.7 Å². The summed E-state index contributed by atoms with van der Waals surface area (Å²) in [5.41, 5.74) is 20.4. The molecule has 0 aliphatic rings. The maximum Gasteiger partial charge on any atom is 0.569 e. The Morgan fingerprint density at radius 1 is 0.279 bits per heavy atom. The van der Waals surface area contributed by atoms with Gasteiger partial charge in [-0.3, -0.25) is 0 Å². The molecule has 0 aliphatic carbocycles. The minimum atomic E-state index is -1.39. The third kappa shape index (κ3) is 21.7. The largest absolute Gasteiger partial charge is 0.569 e. The smallest absolute Gasteiger partial charge is 0.537 e. The SMILES string of the molecule is Brc1cccc(-c2ccc(-c3ccccc3)cc2)c1.Brc1cccc(Br)c1.Clc1nc(-c2cccc(-c3ccc(-c4ccccc4)cc3)c2)c2ccccc2n1.Clc1nc(Cl)c2ccccc2n1.OB(O)c1ccc(-c2ccccc2)cc1.O[B]Oc1cccc(-c2ccc(-c3ccccc3)cc2)c1. The second-order valence-corrected chi connectivity index (χ2v) is 26.9. The lowest BCUT2D eigenvalue weighted by molar-refractivity contribution is 0.425. The first kappa shape index (κ1) is 75.1. The average Bonchev–Trinajstić information content (AvgIpc) is 0.808. The van der Waals surface area contributed by atoms with Crippen LogP contribution in [0.2, 0.25) is 15.7 Å². The molecule has 16 rings (SSSR count). The molecule has 2 heterocycles. The summed E-state index contributed by atoms with van der Waals surface area (Å²) in [5.74, 6) is 0.613.